The van der Waals surface area contributed by atoms with E-state index in [0.717, 1.165) is 20.8 Å². The lowest BCUT2D eigenvalue weighted by atomic mass is 9.96. The third-order valence-electron chi connectivity index (χ3n) is 23.4. The summed E-state index contributed by atoms with van der Waals surface area (Å²) in [5.74, 6) is -32.4. The standard InChI is InChI=1S/C89H151N23O36/c1-18-41(11)67(85(143)101-50(27-37(3)4)75(133)102-54(34-116)78(136)100-49(23-25-62(126)127)74(132)99-48(22-24-61(124)125)73(131)91-30-60(123)106-66(40(9)10)88(146)112-26-20-21-57(112)81(139)110-68(42(12)19-2)86(144)105-56(36-118)89(147)148)109-79(137)52(32-114)98-59(122)29-93-83(141)64(38(5)6)107-71(129)44(14)94-70(128)43(13)95-76(134)53(33-115)104-87(145)69(47(17)120)111-80(138)55(35-117)103-77(135)51(31-113)97-58(121)28-92-84(142)65(39(7)8)108-72(130)45(15)96-82(140)63(90)46(16)119/h37-57,63-69,113-120H,18-36,90H2,1-17H3,(H,91,131)(H,92,142)(H,93,141)(H,94,128)(H,95,134)(H,96,140)(H,97,121)(H,98,122)(H,99,132)(H,100,136)(H,101,143)(H,102,133)(H,103,135)(H,104,145)(H,105,144)(H,106,123)(H,107,129)(H,108,130)(H,109,137)(H,110,139)(H,111,138)(H,124,125)(H,126,127)(H,147,148)/t41-,42-,43-,44-,45-,46+,47+,48-,49-,50-,51-,52-,53-,54-,55-,56-,57-,63-,64-,65-,66-,67-,68-,69-/m0/s1. The number of carbonyl (C=O) groups is 25. The van der Waals surface area contributed by atoms with Crippen LogP contribution in [0.2, 0.25) is 0 Å². The molecule has 24 atom stereocenters. The lowest BCUT2D eigenvalue weighted by molar-refractivity contribution is -0.145. The van der Waals surface area contributed by atoms with Crippen molar-refractivity contribution in [2.75, 3.05) is 65.8 Å². The molecule has 838 valence electrons. The molecule has 1 heterocycles. The largest absolute Gasteiger partial charge is 0.481 e. The second kappa shape index (κ2) is 65.9. The van der Waals surface area contributed by atoms with Crippen molar-refractivity contribution in [2.45, 2.75) is 309 Å². The normalized spacial score (nSPS) is 17.0. The average Bonchev–Trinajstić information content (AvgIpc) is 1.63. The van der Waals surface area contributed by atoms with E-state index in [0.29, 0.717) is 12.8 Å². The smallest absolute Gasteiger partial charge is 0.328 e. The zero-order valence-corrected chi connectivity index (χ0v) is 85.8. The van der Waals surface area contributed by atoms with Crippen molar-refractivity contribution in [3.63, 3.8) is 0 Å². The van der Waals surface area contributed by atoms with Crippen molar-refractivity contribution in [1.29, 1.82) is 0 Å². The Bertz CT molecular complexity index is 4580. The summed E-state index contributed by atoms with van der Waals surface area (Å²) in [6, 6.07) is -32.7. The van der Waals surface area contributed by atoms with Crippen LogP contribution in [-0.2, 0) is 120 Å². The quantitative estimate of drug-likeness (QED) is 0.0269. The molecule has 0 aromatic carbocycles. The molecule has 0 aromatic heterocycles. The summed E-state index contributed by atoms with van der Waals surface area (Å²) >= 11 is 0. The highest BCUT2D eigenvalue weighted by atomic mass is 16.4. The lowest BCUT2D eigenvalue weighted by Crippen LogP contribution is -2.62. The minimum absolute atomic E-state index is 0.00991. The monoisotopic (exact) mass is 2120 g/mol. The lowest BCUT2D eigenvalue weighted by Gasteiger charge is -2.32. The molecule has 0 aliphatic carbocycles. The van der Waals surface area contributed by atoms with E-state index in [4.69, 9.17) is 5.73 Å². The number of nitrogens with two attached hydrogens (primary N) is 1. The second-order valence-corrected chi connectivity index (χ2v) is 37.1. The number of hydrogen-bond acceptors (Lipinski definition) is 34. The summed E-state index contributed by atoms with van der Waals surface area (Å²) in [5, 5.41) is 157. The fourth-order valence-electron chi connectivity index (χ4n) is 13.9. The van der Waals surface area contributed by atoms with Crippen LogP contribution in [-0.4, -0.2) is 408 Å². The Hall–Kier alpha value is -13.6. The predicted octanol–water partition coefficient (Wildman–Crippen LogP) is -14.9. The number of carboxylic acid groups (broad SMARTS) is 3. The van der Waals surface area contributed by atoms with Crippen molar-refractivity contribution in [1.82, 2.24) is 117 Å². The number of amides is 22. The molecular weight excluding hydrogens is 1970 g/mol. The molecule has 148 heavy (non-hydrogen) atoms. The average molecular weight is 2120 g/mol. The first-order valence-corrected chi connectivity index (χ1v) is 48.1. The number of aliphatic carboxylic acids is 3. The second-order valence-electron chi connectivity index (χ2n) is 37.1. The number of nitrogens with zero attached hydrogens (tertiary/aromatic N) is 1. The number of carbonyl (C=O) groups excluding carboxylic acids is 22. The highest BCUT2D eigenvalue weighted by Crippen LogP contribution is 2.23. The molecule has 59 nitrogen and oxygen atoms in total. The van der Waals surface area contributed by atoms with E-state index >= 15 is 0 Å². The topological polar surface area (TPSA) is 931 Å². The number of aliphatic hydroxyl groups excluding tert-OH is 8. The Balaban J connectivity index is 3.17. The van der Waals surface area contributed by atoms with Crippen LogP contribution >= 0.6 is 0 Å². The van der Waals surface area contributed by atoms with Crippen LogP contribution in [0, 0.1) is 35.5 Å². The van der Waals surface area contributed by atoms with Crippen molar-refractivity contribution in [2.24, 2.45) is 41.2 Å². The van der Waals surface area contributed by atoms with Gasteiger partial charge >= 0.3 is 17.9 Å². The maximum atomic E-state index is 14.3. The van der Waals surface area contributed by atoms with Gasteiger partial charge in [-0.2, -0.15) is 0 Å². The van der Waals surface area contributed by atoms with Crippen LogP contribution in [0.15, 0.2) is 0 Å². The zero-order valence-electron chi connectivity index (χ0n) is 85.8. The Labute approximate surface area is 852 Å². The molecule has 59 heteroatoms. The molecule has 0 saturated carbocycles. The summed E-state index contributed by atoms with van der Waals surface area (Å²) in [4.78, 5) is 334. The van der Waals surface area contributed by atoms with Gasteiger partial charge in [0.2, 0.25) is 130 Å². The van der Waals surface area contributed by atoms with Gasteiger partial charge in [-0.1, -0.05) is 95.9 Å². The van der Waals surface area contributed by atoms with Crippen molar-refractivity contribution in [3.8, 4) is 0 Å². The predicted molar refractivity (Wildman–Crippen MR) is 514 cm³/mol. The van der Waals surface area contributed by atoms with Gasteiger partial charge in [0.1, 0.15) is 121 Å². The van der Waals surface area contributed by atoms with Crippen molar-refractivity contribution in [3.05, 3.63) is 0 Å². The molecule has 0 radical (unpaired) electrons. The van der Waals surface area contributed by atoms with Crippen molar-refractivity contribution >= 4 is 148 Å². The summed E-state index contributed by atoms with van der Waals surface area (Å²) in [6.45, 7) is 14.9. The SMILES string of the molecule is CC[C@H](C)[C@H](NC(=O)[C@H](CO)NC(=O)CNC(=O)[C@@H](NC(=O)[C@H](C)NC(=O)[C@H](C)NC(=O)[C@H](CO)NC(=O)[C@@H](NC(=O)[C@H](CO)NC(=O)[C@H](CO)NC(=O)CNC(=O)[C@@H](NC(=O)[C@H](C)NC(=O)[C@@H](N)[C@@H](C)O)C(C)C)[C@@H](C)O)C(C)C)C(=O)N[C@@H](CC(C)C)C(=O)N[C@@H](CO)C(=O)N[C@@H](CCC(=O)O)C(=O)N[C@@H](CCC(=O)O)C(=O)NCC(=O)N[C@H](C(=O)N1CCC[C@H]1C(=O)N[C@H](C(=O)N[C@@H](CO)C(=O)O)[C@@H](C)CC)C(C)C. The number of nitrogens with one attached hydrogen (secondary N) is 21. The third kappa shape index (κ3) is 45.0. The van der Waals surface area contributed by atoms with E-state index in [-0.39, 0.29) is 25.8 Å². The highest BCUT2D eigenvalue weighted by molar-refractivity contribution is 6.03. The number of rotatable bonds is 67. The van der Waals surface area contributed by atoms with E-state index < -0.39 is 401 Å². The van der Waals surface area contributed by atoms with Gasteiger partial charge < -0.3 is 178 Å². The van der Waals surface area contributed by atoms with Crippen LogP contribution in [0.1, 0.15) is 175 Å². The van der Waals surface area contributed by atoms with Crippen LogP contribution in [0.4, 0.5) is 0 Å². The van der Waals surface area contributed by atoms with Gasteiger partial charge in [-0.05, 0) is 102 Å². The van der Waals surface area contributed by atoms with E-state index in [1.807, 2.05) is 10.6 Å². The van der Waals surface area contributed by atoms with E-state index in [1.54, 1.807) is 48.5 Å². The molecule has 22 amide bonds. The first-order valence-electron chi connectivity index (χ1n) is 48.1. The first kappa shape index (κ1) is 132. The molecule has 1 aliphatic heterocycles. The van der Waals surface area contributed by atoms with Crippen molar-refractivity contribution < 1.29 is 176 Å². The first-order chi connectivity index (χ1) is 69.1. The van der Waals surface area contributed by atoms with E-state index in [1.165, 1.54) is 53.4 Å². The summed E-state index contributed by atoms with van der Waals surface area (Å²) in [6.07, 6.45) is -5.55. The van der Waals surface area contributed by atoms with E-state index in [2.05, 4.69) is 101 Å². The maximum absolute atomic E-state index is 14.3. The number of carboxylic acids is 3. The zero-order chi connectivity index (χ0) is 113. The molecule has 0 unspecified atom stereocenters. The number of hydrogen-bond donors (Lipinski definition) is 33. The summed E-state index contributed by atoms with van der Waals surface area (Å²) in [5.41, 5.74) is 5.60. The molecule has 34 N–H and O–H groups in total. The van der Waals surface area contributed by atoms with Gasteiger partial charge in [0.25, 0.3) is 0 Å². The maximum Gasteiger partial charge on any atom is 0.328 e. The number of likely N-dealkylation sites (tertiary alicyclic amines) is 1. The summed E-state index contributed by atoms with van der Waals surface area (Å²) in [7, 11) is 0. The minimum Gasteiger partial charge on any atom is -0.481 e. The molecule has 1 fully saturated rings. The Morgan fingerprint density at radius 1 is 0.304 bits per heavy atom. The van der Waals surface area contributed by atoms with Gasteiger partial charge in [-0.25, -0.2) is 4.79 Å². The van der Waals surface area contributed by atoms with Gasteiger partial charge in [-0.15, -0.1) is 0 Å². The molecule has 0 aromatic rings. The van der Waals surface area contributed by atoms with Crippen LogP contribution < -0.4 is 117 Å². The summed E-state index contributed by atoms with van der Waals surface area (Å²) < 4.78 is 0. The molecule has 1 saturated heterocycles. The Kier molecular flexibility index (Phi) is 58.9. The van der Waals surface area contributed by atoms with Crippen LogP contribution in [0.5, 0.6) is 0 Å². The molecule has 1 rings (SSSR count). The van der Waals surface area contributed by atoms with Gasteiger partial charge in [-0.3, -0.25) is 115 Å². The fourth-order valence-corrected chi connectivity index (χ4v) is 13.9. The fraction of sp³-hybridized carbons (Fsp3) is 0.719. The molecular formula is C89H151N23O36. The molecule has 0 bridgehead atoms. The van der Waals surface area contributed by atoms with Gasteiger partial charge in [0.05, 0.1) is 71.5 Å². The van der Waals surface area contributed by atoms with Gasteiger partial charge in [0, 0.05) is 19.4 Å². The Morgan fingerprint density at radius 2 is 0.601 bits per heavy atom. The molecule has 0 spiro atoms. The highest BCUT2D eigenvalue weighted by Gasteiger charge is 2.44. The Morgan fingerprint density at radius 3 is 0.973 bits per heavy atom. The number of aliphatic hydroxyl groups is 8. The van der Waals surface area contributed by atoms with Gasteiger partial charge in [0.15, 0.2) is 0 Å². The van der Waals surface area contributed by atoms with E-state index in [9.17, 15) is 176 Å². The van der Waals surface area contributed by atoms with Crippen LogP contribution in [0.3, 0.4) is 0 Å². The van der Waals surface area contributed by atoms with Crippen LogP contribution in [0.25, 0.3) is 0 Å². The minimum atomic E-state index is -2.03. The molecule has 1 aliphatic rings. The third-order valence-corrected chi connectivity index (χ3v) is 23.4.